The minimum Gasteiger partial charge on any atom is -0.347 e. The average Bonchev–Trinajstić information content (AvgIpc) is 2.79. The van der Waals surface area contributed by atoms with Gasteiger partial charge < -0.3 is 4.90 Å². The maximum Gasteiger partial charge on any atom is 0.248 e. The number of carbonyl (C=O) groups is 1. The highest BCUT2D eigenvalue weighted by Crippen LogP contribution is 2.30. The van der Waals surface area contributed by atoms with Crippen molar-refractivity contribution in [1.82, 2.24) is 15.2 Å². The normalized spacial score (nSPS) is 24.4. The lowest BCUT2D eigenvalue weighted by atomic mass is 9.91. The van der Waals surface area contributed by atoms with E-state index in [4.69, 9.17) is 0 Å². The summed E-state index contributed by atoms with van der Waals surface area (Å²) in [5.74, 6) is 0.0868. The fourth-order valence-corrected chi connectivity index (χ4v) is 2.25. The van der Waals surface area contributed by atoms with Gasteiger partial charge in [-0.3, -0.25) is 15.1 Å². The van der Waals surface area contributed by atoms with Gasteiger partial charge in [0.25, 0.3) is 0 Å². The molecule has 1 aromatic heterocycles. The molecule has 1 aliphatic rings. The maximum absolute atomic E-state index is 12.3. The van der Waals surface area contributed by atoms with Crippen LogP contribution < -0.4 is 5.32 Å². The molecule has 1 amide bonds. The van der Waals surface area contributed by atoms with Crippen molar-refractivity contribution in [3.8, 4) is 0 Å². The van der Waals surface area contributed by atoms with Crippen LogP contribution >= 0.6 is 0 Å². The van der Waals surface area contributed by atoms with Gasteiger partial charge in [0.2, 0.25) is 5.91 Å². The molecule has 4 heteroatoms. The van der Waals surface area contributed by atoms with E-state index < -0.39 is 5.54 Å². The first-order valence-electron chi connectivity index (χ1n) is 5.55. The molecule has 86 valence electrons. The Kier molecular flexibility index (Phi) is 2.92. The lowest BCUT2D eigenvalue weighted by molar-refractivity contribution is -0.135. The van der Waals surface area contributed by atoms with E-state index in [9.17, 15) is 4.79 Å². The Balaban J connectivity index is 2.40. The first kappa shape index (κ1) is 11.1. The number of amides is 1. The van der Waals surface area contributed by atoms with E-state index in [1.807, 2.05) is 18.2 Å². The van der Waals surface area contributed by atoms with E-state index in [1.165, 1.54) is 0 Å². The lowest BCUT2D eigenvalue weighted by Crippen LogP contribution is -2.50. The van der Waals surface area contributed by atoms with Crippen molar-refractivity contribution in [2.24, 2.45) is 0 Å². The molecular weight excluding hydrogens is 202 g/mol. The monoisotopic (exact) mass is 219 g/mol. The molecule has 2 rings (SSSR count). The molecule has 1 aromatic rings. The summed E-state index contributed by atoms with van der Waals surface area (Å²) in [6.45, 7) is 0.871. The molecule has 0 aromatic carbocycles. The highest BCUT2D eigenvalue weighted by atomic mass is 16.2. The van der Waals surface area contributed by atoms with Crippen LogP contribution in [0.2, 0.25) is 0 Å². The number of rotatable bonds is 2. The molecule has 0 spiro atoms. The molecule has 16 heavy (non-hydrogen) atoms. The zero-order chi connectivity index (χ0) is 11.6. The number of carbonyl (C=O) groups excluding carboxylic acids is 1. The molecule has 1 saturated heterocycles. The number of hydrogen-bond donors (Lipinski definition) is 1. The van der Waals surface area contributed by atoms with Gasteiger partial charge in [-0.2, -0.15) is 0 Å². The summed E-state index contributed by atoms with van der Waals surface area (Å²) >= 11 is 0. The van der Waals surface area contributed by atoms with E-state index in [1.54, 1.807) is 25.2 Å². The SMILES string of the molecule is CN(C)C(=O)C1(c2ccccn2)CCCN1. The second-order valence-corrected chi connectivity index (χ2v) is 4.35. The topological polar surface area (TPSA) is 45.2 Å². The van der Waals surface area contributed by atoms with E-state index in [0.29, 0.717) is 0 Å². The molecule has 0 saturated carbocycles. The van der Waals surface area contributed by atoms with E-state index in [-0.39, 0.29) is 5.91 Å². The number of aromatic nitrogens is 1. The molecule has 1 aliphatic heterocycles. The van der Waals surface area contributed by atoms with Crippen LogP contribution in [-0.2, 0) is 10.3 Å². The molecular formula is C12H17N3O. The van der Waals surface area contributed by atoms with Crippen molar-refractivity contribution in [3.05, 3.63) is 30.1 Å². The molecule has 0 aliphatic carbocycles. The Morgan fingerprint density at radius 3 is 2.81 bits per heavy atom. The van der Waals surface area contributed by atoms with Crippen molar-refractivity contribution in [2.45, 2.75) is 18.4 Å². The molecule has 0 bridgehead atoms. The van der Waals surface area contributed by atoms with Crippen LogP contribution in [0.5, 0.6) is 0 Å². The molecule has 0 radical (unpaired) electrons. The van der Waals surface area contributed by atoms with Gasteiger partial charge in [0.15, 0.2) is 0 Å². The first-order valence-corrected chi connectivity index (χ1v) is 5.55. The van der Waals surface area contributed by atoms with Gasteiger partial charge in [0.05, 0.1) is 5.69 Å². The fourth-order valence-electron chi connectivity index (χ4n) is 2.25. The molecule has 1 fully saturated rings. The minimum absolute atomic E-state index is 0.0868. The summed E-state index contributed by atoms with van der Waals surface area (Å²) < 4.78 is 0. The van der Waals surface area contributed by atoms with Crippen LogP contribution in [0.3, 0.4) is 0 Å². The summed E-state index contributed by atoms with van der Waals surface area (Å²) in [6.07, 6.45) is 3.57. The summed E-state index contributed by atoms with van der Waals surface area (Å²) in [6, 6.07) is 5.71. The molecule has 4 nitrogen and oxygen atoms in total. The predicted molar refractivity (Wildman–Crippen MR) is 61.8 cm³/mol. The summed E-state index contributed by atoms with van der Waals surface area (Å²) in [7, 11) is 3.57. The zero-order valence-corrected chi connectivity index (χ0v) is 9.73. The molecule has 2 heterocycles. The number of likely N-dealkylation sites (N-methyl/N-ethyl adjacent to an activating group) is 1. The number of pyridine rings is 1. The Morgan fingerprint density at radius 1 is 1.50 bits per heavy atom. The fraction of sp³-hybridized carbons (Fsp3) is 0.500. The highest BCUT2D eigenvalue weighted by Gasteiger charge is 2.44. The third-order valence-electron chi connectivity index (χ3n) is 3.03. The van der Waals surface area contributed by atoms with E-state index in [2.05, 4.69) is 10.3 Å². The van der Waals surface area contributed by atoms with Crippen LogP contribution in [0.4, 0.5) is 0 Å². The van der Waals surface area contributed by atoms with Gasteiger partial charge in [0.1, 0.15) is 5.54 Å². The second kappa shape index (κ2) is 4.22. The standard InChI is InChI=1S/C12H17N3O/c1-15(2)11(16)12(7-5-9-14-12)10-6-3-4-8-13-10/h3-4,6,8,14H,5,7,9H2,1-2H3. The van der Waals surface area contributed by atoms with E-state index >= 15 is 0 Å². The molecule has 1 atom stereocenters. The van der Waals surface area contributed by atoms with Crippen LogP contribution in [-0.4, -0.2) is 36.4 Å². The van der Waals surface area contributed by atoms with Crippen molar-refractivity contribution in [3.63, 3.8) is 0 Å². The lowest BCUT2D eigenvalue weighted by Gasteiger charge is -2.30. The first-order chi connectivity index (χ1) is 7.67. The Morgan fingerprint density at radius 2 is 2.31 bits per heavy atom. The van der Waals surface area contributed by atoms with Gasteiger partial charge >= 0.3 is 0 Å². The minimum atomic E-state index is -0.606. The van der Waals surface area contributed by atoms with E-state index in [0.717, 1.165) is 25.1 Å². The van der Waals surface area contributed by atoms with Crippen LogP contribution in [0, 0.1) is 0 Å². The van der Waals surface area contributed by atoms with Gasteiger partial charge in [0, 0.05) is 20.3 Å². The van der Waals surface area contributed by atoms with Gasteiger partial charge in [-0.1, -0.05) is 6.07 Å². The largest absolute Gasteiger partial charge is 0.347 e. The Hall–Kier alpha value is -1.42. The third-order valence-corrected chi connectivity index (χ3v) is 3.03. The van der Waals surface area contributed by atoms with Gasteiger partial charge in [-0.05, 0) is 31.5 Å². The Bertz CT molecular complexity index is 369. The summed E-state index contributed by atoms with van der Waals surface area (Å²) in [5, 5.41) is 3.31. The van der Waals surface area contributed by atoms with Gasteiger partial charge in [-0.25, -0.2) is 0 Å². The molecule has 1 unspecified atom stereocenters. The van der Waals surface area contributed by atoms with Crippen molar-refractivity contribution >= 4 is 5.91 Å². The van der Waals surface area contributed by atoms with Crippen molar-refractivity contribution < 1.29 is 4.79 Å². The van der Waals surface area contributed by atoms with Crippen LogP contribution in [0.15, 0.2) is 24.4 Å². The number of nitrogens with one attached hydrogen (secondary N) is 1. The average molecular weight is 219 g/mol. The third kappa shape index (κ3) is 1.69. The van der Waals surface area contributed by atoms with Crippen LogP contribution in [0.1, 0.15) is 18.5 Å². The highest BCUT2D eigenvalue weighted by molar-refractivity contribution is 5.87. The molecule has 1 N–H and O–H groups in total. The van der Waals surface area contributed by atoms with Gasteiger partial charge in [-0.15, -0.1) is 0 Å². The summed E-state index contributed by atoms with van der Waals surface area (Å²) in [5.41, 5.74) is 0.219. The predicted octanol–water partition coefficient (Wildman–Crippen LogP) is 0.748. The quantitative estimate of drug-likeness (QED) is 0.798. The number of hydrogen-bond acceptors (Lipinski definition) is 3. The number of nitrogens with zero attached hydrogens (tertiary/aromatic N) is 2. The maximum atomic E-state index is 12.3. The van der Waals surface area contributed by atoms with Crippen molar-refractivity contribution in [2.75, 3.05) is 20.6 Å². The smallest absolute Gasteiger partial charge is 0.248 e. The summed E-state index contributed by atoms with van der Waals surface area (Å²) in [4.78, 5) is 18.2. The Labute approximate surface area is 95.7 Å². The second-order valence-electron chi connectivity index (χ2n) is 4.35. The van der Waals surface area contributed by atoms with Crippen molar-refractivity contribution in [1.29, 1.82) is 0 Å². The zero-order valence-electron chi connectivity index (χ0n) is 9.73. The van der Waals surface area contributed by atoms with Crippen LogP contribution in [0.25, 0.3) is 0 Å².